The number of benzene rings is 3. The summed E-state index contributed by atoms with van der Waals surface area (Å²) in [5.74, 6) is 2.16. The molecule has 0 spiro atoms. The monoisotopic (exact) mass is 458 g/mol. The first-order chi connectivity index (χ1) is 16.1. The van der Waals surface area contributed by atoms with E-state index >= 15 is 0 Å². The van der Waals surface area contributed by atoms with Gasteiger partial charge in [-0.1, -0.05) is 42.1 Å². The molecule has 1 aliphatic heterocycles. The number of carbonyl (C=O) groups is 1. The number of hydrogen-bond donors (Lipinski definition) is 1. The number of carbonyl (C=O) groups excluding carboxylic acids is 1. The Labute approximate surface area is 195 Å². The standard InChI is InChI=1S/C25H22N4O3S/c1-16-7-6-10-20(17(16)2)26-23(30)14-33-25-28-27-24(29(25)19-8-4-3-5-9-19)18-11-12-21-22(13-18)32-15-31-21/h3-13H,14-15H2,1-2H3,(H,26,30). The Balaban J connectivity index is 1.42. The highest BCUT2D eigenvalue weighted by molar-refractivity contribution is 7.99. The van der Waals surface area contributed by atoms with Crippen LogP contribution in [0.3, 0.4) is 0 Å². The van der Waals surface area contributed by atoms with Gasteiger partial charge in [-0.3, -0.25) is 9.36 Å². The lowest BCUT2D eigenvalue weighted by molar-refractivity contribution is -0.113. The lowest BCUT2D eigenvalue weighted by Crippen LogP contribution is -2.15. The van der Waals surface area contributed by atoms with Crippen molar-refractivity contribution in [3.63, 3.8) is 0 Å². The summed E-state index contributed by atoms with van der Waals surface area (Å²) in [5.41, 5.74) is 4.78. The van der Waals surface area contributed by atoms with Crippen molar-refractivity contribution in [1.82, 2.24) is 14.8 Å². The van der Waals surface area contributed by atoms with Gasteiger partial charge < -0.3 is 14.8 Å². The van der Waals surface area contributed by atoms with Gasteiger partial charge in [0.15, 0.2) is 22.5 Å². The molecule has 1 aliphatic rings. The second kappa shape index (κ2) is 8.99. The minimum absolute atomic E-state index is 0.0964. The van der Waals surface area contributed by atoms with Gasteiger partial charge in [-0.15, -0.1) is 10.2 Å². The van der Waals surface area contributed by atoms with Crippen molar-refractivity contribution in [1.29, 1.82) is 0 Å². The van der Waals surface area contributed by atoms with Crippen molar-refractivity contribution < 1.29 is 14.3 Å². The molecule has 5 rings (SSSR count). The first-order valence-corrected chi connectivity index (χ1v) is 11.5. The maximum absolute atomic E-state index is 12.7. The fraction of sp³-hybridized carbons (Fsp3) is 0.160. The van der Waals surface area contributed by atoms with Gasteiger partial charge in [0.2, 0.25) is 12.7 Å². The van der Waals surface area contributed by atoms with Crippen LogP contribution in [0.1, 0.15) is 11.1 Å². The van der Waals surface area contributed by atoms with E-state index in [1.807, 2.05) is 85.1 Å². The van der Waals surface area contributed by atoms with Crippen LogP contribution in [0.25, 0.3) is 17.1 Å². The summed E-state index contributed by atoms with van der Waals surface area (Å²) in [5, 5.41) is 12.5. The van der Waals surface area contributed by atoms with Crippen LogP contribution in [-0.2, 0) is 4.79 Å². The highest BCUT2D eigenvalue weighted by atomic mass is 32.2. The molecule has 8 heteroatoms. The third-order valence-electron chi connectivity index (χ3n) is 5.49. The van der Waals surface area contributed by atoms with Gasteiger partial charge in [0.25, 0.3) is 0 Å². The molecule has 0 unspecified atom stereocenters. The molecule has 7 nitrogen and oxygen atoms in total. The molecule has 33 heavy (non-hydrogen) atoms. The summed E-state index contributed by atoms with van der Waals surface area (Å²) in [4.78, 5) is 12.7. The van der Waals surface area contributed by atoms with Crippen LogP contribution >= 0.6 is 11.8 Å². The molecular weight excluding hydrogens is 436 g/mol. The zero-order chi connectivity index (χ0) is 22.8. The molecule has 0 aliphatic carbocycles. The van der Waals surface area contributed by atoms with Gasteiger partial charge in [-0.2, -0.15) is 0 Å². The highest BCUT2D eigenvalue weighted by Crippen LogP contribution is 2.37. The third kappa shape index (κ3) is 4.29. The fourth-order valence-corrected chi connectivity index (χ4v) is 4.35. The molecule has 0 fully saturated rings. The van der Waals surface area contributed by atoms with E-state index in [4.69, 9.17) is 9.47 Å². The second-order valence-electron chi connectivity index (χ2n) is 7.63. The van der Waals surface area contributed by atoms with Crippen molar-refractivity contribution in [2.75, 3.05) is 17.9 Å². The van der Waals surface area contributed by atoms with E-state index in [0.29, 0.717) is 22.5 Å². The molecule has 0 radical (unpaired) electrons. The number of aryl methyl sites for hydroxylation is 1. The second-order valence-corrected chi connectivity index (χ2v) is 8.57. The molecule has 1 N–H and O–H groups in total. The molecule has 1 aromatic heterocycles. The van der Waals surface area contributed by atoms with E-state index in [2.05, 4.69) is 15.5 Å². The first kappa shape index (κ1) is 21.1. The summed E-state index contributed by atoms with van der Waals surface area (Å²) >= 11 is 1.34. The highest BCUT2D eigenvalue weighted by Gasteiger charge is 2.20. The Hall–Kier alpha value is -3.78. The summed E-state index contributed by atoms with van der Waals surface area (Å²) in [6, 6.07) is 21.4. The molecule has 0 saturated carbocycles. The third-order valence-corrected chi connectivity index (χ3v) is 6.42. The lowest BCUT2D eigenvalue weighted by Gasteiger charge is -2.12. The number of nitrogens with zero attached hydrogens (tertiary/aromatic N) is 3. The minimum atomic E-state index is -0.0964. The van der Waals surface area contributed by atoms with Crippen LogP contribution in [0.15, 0.2) is 71.9 Å². The number of thioether (sulfide) groups is 1. The molecule has 4 aromatic rings. The molecule has 0 bridgehead atoms. The number of aromatic nitrogens is 3. The molecule has 2 heterocycles. The van der Waals surface area contributed by atoms with Crippen LogP contribution < -0.4 is 14.8 Å². The Morgan fingerprint density at radius 3 is 2.67 bits per heavy atom. The average molecular weight is 459 g/mol. The molecule has 166 valence electrons. The lowest BCUT2D eigenvalue weighted by atomic mass is 10.1. The van der Waals surface area contributed by atoms with Crippen LogP contribution in [0, 0.1) is 13.8 Å². The van der Waals surface area contributed by atoms with E-state index < -0.39 is 0 Å². The topological polar surface area (TPSA) is 78.3 Å². The molecule has 0 saturated heterocycles. The largest absolute Gasteiger partial charge is 0.454 e. The Bertz CT molecular complexity index is 1320. The Morgan fingerprint density at radius 1 is 1.00 bits per heavy atom. The SMILES string of the molecule is Cc1cccc(NC(=O)CSc2nnc(-c3ccc4c(c3)OCO4)n2-c2ccccc2)c1C. The fourth-order valence-electron chi connectivity index (χ4n) is 3.60. The van der Waals surface area contributed by atoms with Crippen LogP contribution in [0.5, 0.6) is 11.5 Å². The number of para-hydroxylation sites is 1. The van der Waals surface area contributed by atoms with E-state index in [9.17, 15) is 4.79 Å². The van der Waals surface area contributed by atoms with Crippen LogP contribution in [0.4, 0.5) is 5.69 Å². The van der Waals surface area contributed by atoms with Crippen LogP contribution in [-0.4, -0.2) is 33.2 Å². The van der Waals surface area contributed by atoms with Crippen molar-refractivity contribution in [3.8, 4) is 28.6 Å². The van der Waals surface area contributed by atoms with Crippen molar-refractivity contribution >= 4 is 23.4 Å². The van der Waals surface area contributed by atoms with Crippen molar-refractivity contribution in [2.45, 2.75) is 19.0 Å². The molecule has 1 amide bonds. The number of hydrogen-bond acceptors (Lipinski definition) is 6. The van der Waals surface area contributed by atoms with Crippen molar-refractivity contribution in [3.05, 3.63) is 77.9 Å². The number of ether oxygens (including phenoxy) is 2. The van der Waals surface area contributed by atoms with Crippen LogP contribution in [0.2, 0.25) is 0 Å². The zero-order valence-corrected chi connectivity index (χ0v) is 19.1. The average Bonchev–Trinajstić information content (AvgIpc) is 3.47. The Morgan fingerprint density at radius 2 is 1.82 bits per heavy atom. The number of rotatable bonds is 6. The van der Waals surface area contributed by atoms with Gasteiger partial charge in [-0.05, 0) is 61.4 Å². The smallest absolute Gasteiger partial charge is 0.234 e. The number of amides is 1. The van der Waals surface area contributed by atoms with E-state index in [-0.39, 0.29) is 18.5 Å². The number of nitrogens with one attached hydrogen (secondary N) is 1. The van der Waals surface area contributed by atoms with Crippen molar-refractivity contribution in [2.24, 2.45) is 0 Å². The Kier molecular flexibility index (Phi) is 5.75. The van der Waals surface area contributed by atoms with E-state index in [1.54, 1.807) is 0 Å². The normalized spacial score (nSPS) is 12.1. The first-order valence-electron chi connectivity index (χ1n) is 10.5. The minimum Gasteiger partial charge on any atom is -0.454 e. The summed E-state index contributed by atoms with van der Waals surface area (Å²) in [7, 11) is 0. The predicted molar refractivity (Wildman–Crippen MR) is 128 cm³/mol. The zero-order valence-electron chi connectivity index (χ0n) is 18.2. The van der Waals surface area contributed by atoms with Gasteiger partial charge in [0.05, 0.1) is 5.75 Å². The quantitative estimate of drug-likeness (QED) is 0.409. The predicted octanol–water partition coefficient (Wildman–Crippen LogP) is 5.01. The van der Waals surface area contributed by atoms with E-state index in [0.717, 1.165) is 28.1 Å². The molecule has 3 aromatic carbocycles. The van der Waals surface area contributed by atoms with Gasteiger partial charge in [-0.25, -0.2) is 0 Å². The van der Waals surface area contributed by atoms with Gasteiger partial charge in [0.1, 0.15) is 0 Å². The molecular formula is C25H22N4O3S. The summed E-state index contributed by atoms with van der Waals surface area (Å²) in [6.45, 7) is 4.24. The van der Waals surface area contributed by atoms with Gasteiger partial charge >= 0.3 is 0 Å². The van der Waals surface area contributed by atoms with Gasteiger partial charge in [0, 0.05) is 16.9 Å². The maximum atomic E-state index is 12.7. The summed E-state index contributed by atoms with van der Waals surface area (Å²) < 4.78 is 12.9. The number of fused-ring (bicyclic) bond motifs is 1. The molecule has 0 atom stereocenters. The maximum Gasteiger partial charge on any atom is 0.234 e. The number of anilines is 1. The summed E-state index contributed by atoms with van der Waals surface area (Å²) in [6.07, 6.45) is 0. The van der Waals surface area contributed by atoms with E-state index in [1.165, 1.54) is 11.8 Å².